The van der Waals surface area contributed by atoms with Gasteiger partial charge in [-0.05, 0) is 42.3 Å². The molecule has 5 nitrogen and oxygen atoms in total. The number of nitrogens with one attached hydrogen (secondary N) is 1. The van der Waals surface area contributed by atoms with Crippen LogP contribution < -0.4 is 15.5 Å². The summed E-state index contributed by atoms with van der Waals surface area (Å²) in [5.41, 5.74) is 1.81. The van der Waals surface area contributed by atoms with Crippen LogP contribution in [-0.4, -0.2) is 24.1 Å². The number of ether oxygens (including phenoxy) is 1. The van der Waals surface area contributed by atoms with Crippen LogP contribution in [-0.2, 0) is 17.8 Å². The molecule has 1 aromatic heterocycles. The van der Waals surface area contributed by atoms with Gasteiger partial charge in [0.15, 0.2) is 5.43 Å². The first-order valence-corrected chi connectivity index (χ1v) is 9.04. The third kappa shape index (κ3) is 4.32. The average Bonchev–Trinajstić information content (AvgIpc) is 2.64. The van der Waals surface area contributed by atoms with E-state index in [1.54, 1.807) is 23.9 Å². The lowest BCUT2D eigenvalue weighted by Gasteiger charge is -2.11. The van der Waals surface area contributed by atoms with E-state index in [2.05, 4.69) is 21.2 Å². The minimum atomic E-state index is -0.0940. The third-order valence-corrected chi connectivity index (χ3v) is 4.64. The summed E-state index contributed by atoms with van der Waals surface area (Å²) in [5.74, 6) is 0.720. The first kappa shape index (κ1) is 18.2. The van der Waals surface area contributed by atoms with Gasteiger partial charge in [-0.3, -0.25) is 9.59 Å². The predicted octanol–water partition coefficient (Wildman–Crippen LogP) is 3.13. The summed E-state index contributed by atoms with van der Waals surface area (Å²) < 4.78 is 7.78. The fraction of sp³-hybridized carbons (Fsp3) is 0.200. The second kappa shape index (κ2) is 8.19. The standard InChI is InChI=1S/C20H19BrN2O3/c1-26-16-5-2-14(3-6-16)8-10-22-20(25)13-23-11-9-19(24)17-7-4-15(21)12-18(17)23/h2-7,9,11-12H,8,10,13H2,1H3,(H,22,25). The number of hydrogen-bond donors (Lipinski definition) is 1. The highest BCUT2D eigenvalue weighted by molar-refractivity contribution is 9.10. The van der Waals surface area contributed by atoms with Crippen molar-refractivity contribution in [2.24, 2.45) is 0 Å². The molecule has 134 valence electrons. The summed E-state index contributed by atoms with van der Waals surface area (Å²) in [6, 6.07) is 14.7. The highest BCUT2D eigenvalue weighted by atomic mass is 79.9. The summed E-state index contributed by atoms with van der Waals surface area (Å²) in [7, 11) is 1.63. The second-order valence-electron chi connectivity index (χ2n) is 5.92. The van der Waals surface area contributed by atoms with Crippen molar-refractivity contribution >= 4 is 32.7 Å². The van der Waals surface area contributed by atoms with Gasteiger partial charge in [0.2, 0.25) is 5.91 Å². The molecule has 0 saturated carbocycles. The Morgan fingerprint density at radius 1 is 1.15 bits per heavy atom. The van der Waals surface area contributed by atoms with Crippen LogP contribution in [0.15, 0.2) is 64.0 Å². The van der Waals surface area contributed by atoms with E-state index in [0.717, 1.165) is 27.7 Å². The molecule has 0 fully saturated rings. The van der Waals surface area contributed by atoms with Crippen LogP contribution in [0.5, 0.6) is 5.75 Å². The molecule has 2 aromatic carbocycles. The molecule has 0 atom stereocenters. The fourth-order valence-electron chi connectivity index (χ4n) is 2.77. The van der Waals surface area contributed by atoms with E-state index in [1.807, 2.05) is 36.4 Å². The minimum Gasteiger partial charge on any atom is -0.497 e. The molecule has 0 spiro atoms. The van der Waals surface area contributed by atoms with Crippen molar-refractivity contribution in [3.8, 4) is 5.75 Å². The maximum atomic E-state index is 12.3. The van der Waals surface area contributed by atoms with E-state index in [4.69, 9.17) is 4.74 Å². The number of rotatable bonds is 6. The number of pyridine rings is 1. The van der Waals surface area contributed by atoms with Crippen LogP contribution in [0.1, 0.15) is 5.56 Å². The van der Waals surface area contributed by atoms with Crippen LogP contribution >= 0.6 is 15.9 Å². The molecule has 0 aliphatic carbocycles. The second-order valence-corrected chi connectivity index (χ2v) is 6.83. The Balaban J connectivity index is 1.63. The van der Waals surface area contributed by atoms with E-state index in [-0.39, 0.29) is 17.9 Å². The van der Waals surface area contributed by atoms with E-state index in [0.29, 0.717) is 11.9 Å². The Morgan fingerprint density at radius 2 is 1.92 bits per heavy atom. The maximum absolute atomic E-state index is 12.3. The van der Waals surface area contributed by atoms with Gasteiger partial charge < -0.3 is 14.6 Å². The number of carbonyl (C=O) groups is 1. The lowest BCUT2D eigenvalue weighted by molar-refractivity contribution is -0.121. The van der Waals surface area contributed by atoms with E-state index >= 15 is 0 Å². The van der Waals surface area contributed by atoms with Crippen molar-refractivity contribution in [2.45, 2.75) is 13.0 Å². The normalized spacial score (nSPS) is 10.7. The van der Waals surface area contributed by atoms with Crippen LogP contribution in [0.2, 0.25) is 0 Å². The van der Waals surface area contributed by atoms with E-state index in [9.17, 15) is 9.59 Å². The molecule has 0 saturated heterocycles. The van der Waals surface area contributed by atoms with E-state index in [1.165, 1.54) is 6.07 Å². The molecule has 0 aliphatic rings. The van der Waals surface area contributed by atoms with Gasteiger partial charge in [0.25, 0.3) is 0 Å². The lowest BCUT2D eigenvalue weighted by Crippen LogP contribution is -2.29. The SMILES string of the molecule is COc1ccc(CCNC(=O)Cn2ccc(=O)c3ccc(Br)cc32)cc1. The largest absolute Gasteiger partial charge is 0.497 e. The summed E-state index contributed by atoms with van der Waals surface area (Å²) in [4.78, 5) is 24.2. The molecule has 1 N–H and O–H groups in total. The third-order valence-electron chi connectivity index (χ3n) is 4.15. The molecular weight excluding hydrogens is 396 g/mol. The Hall–Kier alpha value is -2.60. The van der Waals surface area contributed by atoms with Gasteiger partial charge >= 0.3 is 0 Å². The summed E-state index contributed by atoms with van der Waals surface area (Å²) in [6.45, 7) is 0.711. The monoisotopic (exact) mass is 414 g/mol. The maximum Gasteiger partial charge on any atom is 0.239 e. The van der Waals surface area contributed by atoms with Crippen LogP contribution in [0.3, 0.4) is 0 Å². The molecule has 6 heteroatoms. The molecule has 0 aliphatic heterocycles. The Bertz CT molecular complexity index is 981. The van der Waals surface area contributed by atoms with Crippen molar-refractivity contribution in [1.82, 2.24) is 9.88 Å². The Morgan fingerprint density at radius 3 is 2.65 bits per heavy atom. The topological polar surface area (TPSA) is 60.3 Å². The number of fused-ring (bicyclic) bond motifs is 1. The predicted molar refractivity (Wildman–Crippen MR) is 106 cm³/mol. The number of benzene rings is 2. The number of methoxy groups -OCH3 is 1. The van der Waals surface area contributed by atoms with Gasteiger partial charge in [-0.25, -0.2) is 0 Å². The van der Waals surface area contributed by atoms with Crippen molar-refractivity contribution < 1.29 is 9.53 Å². The first-order valence-electron chi connectivity index (χ1n) is 8.25. The van der Waals surface area contributed by atoms with Gasteiger partial charge in [-0.15, -0.1) is 0 Å². The number of carbonyl (C=O) groups excluding carboxylic acids is 1. The first-order chi connectivity index (χ1) is 12.6. The fourth-order valence-corrected chi connectivity index (χ4v) is 3.11. The zero-order valence-electron chi connectivity index (χ0n) is 14.4. The number of halogens is 1. The zero-order chi connectivity index (χ0) is 18.5. The molecular formula is C20H19BrN2O3. The van der Waals surface area contributed by atoms with Crippen molar-refractivity contribution in [3.05, 3.63) is 75.0 Å². The number of hydrogen-bond acceptors (Lipinski definition) is 3. The van der Waals surface area contributed by atoms with Gasteiger partial charge in [-0.2, -0.15) is 0 Å². The van der Waals surface area contributed by atoms with Gasteiger partial charge in [0.05, 0.1) is 12.6 Å². The Labute approximate surface area is 159 Å². The molecule has 0 unspecified atom stereocenters. The highest BCUT2D eigenvalue weighted by Gasteiger charge is 2.07. The Kier molecular flexibility index (Phi) is 5.73. The number of aromatic nitrogens is 1. The molecule has 0 bridgehead atoms. The van der Waals surface area contributed by atoms with Crippen LogP contribution in [0.4, 0.5) is 0 Å². The van der Waals surface area contributed by atoms with Crippen LogP contribution in [0.25, 0.3) is 10.9 Å². The van der Waals surface area contributed by atoms with Gasteiger partial charge in [-0.1, -0.05) is 28.1 Å². The van der Waals surface area contributed by atoms with Crippen LogP contribution in [0, 0.1) is 0 Å². The molecule has 3 aromatic rings. The zero-order valence-corrected chi connectivity index (χ0v) is 16.0. The van der Waals surface area contributed by atoms with Crippen molar-refractivity contribution in [3.63, 3.8) is 0 Å². The lowest BCUT2D eigenvalue weighted by atomic mass is 10.1. The van der Waals surface area contributed by atoms with Gasteiger partial charge in [0, 0.05) is 28.7 Å². The molecule has 26 heavy (non-hydrogen) atoms. The highest BCUT2D eigenvalue weighted by Crippen LogP contribution is 2.17. The molecule has 3 rings (SSSR count). The van der Waals surface area contributed by atoms with Crippen molar-refractivity contribution in [1.29, 1.82) is 0 Å². The number of amides is 1. The molecule has 0 radical (unpaired) electrons. The smallest absolute Gasteiger partial charge is 0.239 e. The van der Waals surface area contributed by atoms with Crippen molar-refractivity contribution in [2.75, 3.05) is 13.7 Å². The average molecular weight is 415 g/mol. The summed E-state index contributed by atoms with van der Waals surface area (Å²) in [5, 5.41) is 3.52. The quantitative estimate of drug-likeness (QED) is 0.673. The molecule has 1 amide bonds. The molecule has 1 heterocycles. The summed E-state index contributed by atoms with van der Waals surface area (Å²) >= 11 is 3.41. The van der Waals surface area contributed by atoms with Gasteiger partial charge in [0.1, 0.15) is 12.3 Å². The minimum absolute atomic E-state index is 0.0522. The number of nitrogens with zero attached hydrogens (tertiary/aromatic N) is 1. The summed E-state index contributed by atoms with van der Waals surface area (Å²) in [6.07, 6.45) is 2.40. The van der Waals surface area contributed by atoms with E-state index < -0.39 is 0 Å².